The van der Waals surface area contributed by atoms with Crippen LogP contribution in [0, 0.1) is 0 Å². The number of rotatable bonds is 5. The van der Waals surface area contributed by atoms with Crippen LogP contribution in [0.5, 0.6) is 0 Å². The maximum atomic E-state index is 11.9. The van der Waals surface area contributed by atoms with Crippen molar-refractivity contribution in [2.24, 2.45) is 0 Å². The van der Waals surface area contributed by atoms with E-state index in [2.05, 4.69) is 27.8 Å². The number of ether oxygens (including phenoxy) is 1. The quantitative estimate of drug-likeness (QED) is 0.727. The highest BCUT2D eigenvalue weighted by Gasteiger charge is 2.35. The summed E-state index contributed by atoms with van der Waals surface area (Å²) in [6, 6.07) is 1.83. The van der Waals surface area contributed by atoms with E-state index < -0.39 is 0 Å². The second kappa shape index (κ2) is 5.98. The summed E-state index contributed by atoms with van der Waals surface area (Å²) >= 11 is 0. The van der Waals surface area contributed by atoms with Gasteiger partial charge in [-0.3, -0.25) is 9.89 Å². The molecule has 1 aromatic rings. The molecule has 2 fully saturated rings. The lowest BCUT2D eigenvalue weighted by Crippen LogP contribution is -2.51. The molecule has 2 unspecified atom stereocenters. The molecular formula is C15H22N4O3. The van der Waals surface area contributed by atoms with Crippen molar-refractivity contribution in [1.82, 2.24) is 15.5 Å². The molecule has 7 heteroatoms. The van der Waals surface area contributed by atoms with E-state index >= 15 is 0 Å². The van der Waals surface area contributed by atoms with Gasteiger partial charge in [-0.2, -0.15) is 5.10 Å². The van der Waals surface area contributed by atoms with Crippen LogP contribution in [0.25, 0.3) is 0 Å². The number of carbonyl (C=O) groups excluding carboxylic acids is 2. The van der Waals surface area contributed by atoms with Crippen LogP contribution in [0.1, 0.15) is 57.1 Å². The number of alkyl carbamates (subject to hydrolysis) is 1. The fourth-order valence-electron chi connectivity index (χ4n) is 3.27. The third-order valence-corrected chi connectivity index (χ3v) is 4.76. The number of hydrogen-bond acceptors (Lipinski definition) is 4. The van der Waals surface area contributed by atoms with Crippen LogP contribution >= 0.6 is 0 Å². The first-order valence-electron chi connectivity index (χ1n) is 7.82. The maximum absolute atomic E-state index is 11.9. The fraction of sp³-hybridized carbons (Fsp3) is 0.667. The second-order valence-corrected chi connectivity index (χ2v) is 6.55. The minimum atomic E-state index is -0.305. The van der Waals surface area contributed by atoms with Crippen molar-refractivity contribution in [2.75, 3.05) is 5.32 Å². The van der Waals surface area contributed by atoms with Gasteiger partial charge < -0.3 is 15.4 Å². The summed E-state index contributed by atoms with van der Waals surface area (Å²) in [5.41, 5.74) is 0.898. The zero-order chi connectivity index (χ0) is 15.6. The molecule has 0 spiro atoms. The second-order valence-electron chi connectivity index (χ2n) is 6.55. The van der Waals surface area contributed by atoms with Gasteiger partial charge in [0.1, 0.15) is 6.10 Å². The number of nitrogens with one attached hydrogen (secondary N) is 3. The largest absolute Gasteiger partial charge is 0.446 e. The first kappa shape index (κ1) is 14.9. The number of aromatic amines is 1. The predicted molar refractivity (Wildman–Crippen MR) is 80.5 cm³/mol. The van der Waals surface area contributed by atoms with E-state index in [0.717, 1.165) is 37.8 Å². The minimum Gasteiger partial charge on any atom is -0.446 e. The minimum absolute atomic E-state index is 0.0561. The molecule has 2 aliphatic rings. The molecule has 2 atom stereocenters. The van der Waals surface area contributed by atoms with Crippen molar-refractivity contribution >= 4 is 18.3 Å². The molecule has 2 amide bonds. The highest BCUT2D eigenvalue weighted by molar-refractivity contribution is 5.69. The van der Waals surface area contributed by atoms with Gasteiger partial charge in [0, 0.05) is 23.2 Å². The lowest BCUT2D eigenvalue weighted by molar-refractivity contribution is -0.105. The molecule has 2 saturated carbocycles. The van der Waals surface area contributed by atoms with E-state index in [9.17, 15) is 9.59 Å². The highest BCUT2D eigenvalue weighted by atomic mass is 16.6. The van der Waals surface area contributed by atoms with E-state index in [1.807, 2.05) is 6.07 Å². The number of anilines is 1. The van der Waals surface area contributed by atoms with Crippen LogP contribution in [0.4, 0.5) is 10.6 Å². The standard InChI is InChI=1S/C15H22N4O3/c1-15(5-2-6-15)17-14(21)22-11-4-3-10(7-11)12-8-13(16-9-20)19-18-12/h8-11H,2-7H2,1H3,(H,17,21)(H2,16,18,19,20). The molecule has 0 saturated heterocycles. The Hall–Kier alpha value is -2.05. The molecule has 1 aromatic heterocycles. The van der Waals surface area contributed by atoms with Crippen molar-refractivity contribution in [3.8, 4) is 0 Å². The number of hydrogen-bond donors (Lipinski definition) is 3. The van der Waals surface area contributed by atoms with Crippen molar-refractivity contribution < 1.29 is 14.3 Å². The fourth-order valence-corrected chi connectivity index (χ4v) is 3.27. The number of nitrogens with zero attached hydrogens (tertiary/aromatic N) is 1. The lowest BCUT2D eigenvalue weighted by Gasteiger charge is -2.38. The number of amides is 2. The zero-order valence-electron chi connectivity index (χ0n) is 12.7. The molecule has 120 valence electrons. The highest BCUT2D eigenvalue weighted by Crippen LogP contribution is 2.36. The summed E-state index contributed by atoms with van der Waals surface area (Å²) in [6.07, 6.45) is 6.03. The molecular weight excluding hydrogens is 284 g/mol. The van der Waals surface area contributed by atoms with Crippen LogP contribution in [0.2, 0.25) is 0 Å². The molecule has 0 aromatic carbocycles. The smallest absolute Gasteiger partial charge is 0.407 e. The van der Waals surface area contributed by atoms with E-state index in [1.54, 1.807) is 0 Å². The van der Waals surface area contributed by atoms with Gasteiger partial charge in [-0.05, 0) is 45.4 Å². The summed E-state index contributed by atoms with van der Waals surface area (Å²) < 4.78 is 5.53. The third kappa shape index (κ3) is 3.23. The van der Waals surface area contributed by atoms with Gasteiger partial charge >= 0.3 is 6.09 Å². The normalized spacial score (nSPS) is 26.0. The number of H-pyrrole nitrogens is 1. The molecule has 0 bridgehead atoms. The monoisotopic (exact) mass is 306 g/mol. The van der Waals surface area contributed by atoms with Gasteiger partial charge in [0.25, 0.3) is 0 Å². The molecule has 0 radical (unpaired) electrons. The van der Waals surface area contributed by atoms with E-state index in [1.165, 1.54) is 6.42 Å². The van der Waals surface area contributed by atoms with Crippen LogP contribution < -0.4 is 10.6 Å². The summed E-state index contributed by atoms with van der Waals surface area (Å²) in [7, 11) is 0. The van der Waals surface area contributed by atoms with Gasteiger partial charge in [-0.15, -0.1) is 0 Å². The summed E-state index contributed by atoms with van der Waals surface area (Å²) in [5.74, 6) is 0.803. The zero-order valence-corrected chi connectivity index (χ0v) is 12.7. The van der Waals surface area contributed by atoms with Gasteiger partial charge in [0.15, 0.2) is 5.82 Å². The van der Waals surface area contributed by atoms with Crippen LogP contribution in [0.15, 0.2) is 6.07 Å². The number of carbonyl (C=O) groups is 2. The van der Waals surface area contributed by atoms with Gasteiger partial charge in [0.2, 0.25) is 6.41 Å². The Morgan fingerprint density at radius 1 is 1.50 bits per heavy atom. The van der Waals surface area contributed by atoms with Gasteiger partial charge in [-0.25, -0.2) is 4.79 Å². The van der Waals surface area contributed by atoms with Crippen LogP contribution in [0.3, 0.4) is 0 Å². The van der Waals surface area contributed by atoms with Crippen LogP contribution in [-0.4, -0.2) is 34.3 Å². The van der Waals surface area contributed by atoms with Crippen LogP contribution in [-0.2, 0) is 9.53 Å². The molecule has 3 N–H and O–H groups in total. The summed E-state index contributed by atoms with van der Waals surface area (Å²) in [6.45, 7) is 2.06. The van der Waals surface area contributed by atoms with Crippen molar-refractivity contribution in [1.29, 1.82) is 0 Å². The molecule has 7 nitrogen and oxygen atoms in total. The molecule has 2 aliphatic carbocycles. The van der Waals surface area contributed by atoms with E-state index in [0.29, 0.717) is 12.2 Å². The van der Waals surface area contributed by atoms with E-state index in [-0.39, 0.29) is 23.7 Å². The first-order valence-corrected chi connectivity index (χ1v) is 7.82. The molecule has 3 rings (SSSR count). The summed E-state index contributed by atoms with van der Waals surface area (Å²) in [4.78, 5) is 22.3. The number of aromatic nitrogens is 2. The SMILES string of the molecule is CC1(NC(=O)OC2CCC(c3cc(NC=O)n[nH]3)C2)CCC1. The van der Waals surface area contributed by atoms with Gasteiger partial charge in [-0.1, -0.05) is 0 Å². The molecule has 1 heterocycles. The Morgan fingerprint density at radius 3 is 3.00 bits per heavy atom. The Bertz CT molecular complexity index is 553. The Morgan fingerprint density at radius 2 is 2.32 bits per heavy atom. The van der Waals surface area contributed by atoms with Crippen molar-refractivity contribution in [3.05, 3.63) is 11.8 Å². The average molecular weight is 306 g/mol. The predicted octanol–water partition coefficient (Wildman–Crippen LogP) is 2.28. The Kier molecular flexibility index (Phi) is 4.04. The average Bonchev–Trinajstić information content (AvgIpc) is 3.06. The lowest BCUT2D eigenvalue weighted by atomic mass is 9.79. The maximum Gasteiger partial charge on any atom is 0.407 e. The molecule has 0 aliphatic heterocycles. The van der Waals surface area contributed by atoms with Crippen molar-refractivity contribution in [2.45, 2.75) is 63.0 Å². The molecule has 22 heavy (non-hydrogen) atoms. The Balaban J connectivity index is 1.49. The first-order chi connectivity index (χ1) is 10.6. The van der Waals surface area contributed by atoms with Gasteiger partial charge in [0.05, 0.1) is 0 Å². The van der Waals surface area contributed by atoms with E-state index in [4.69, 9.17) is 4.74 Å². The third-order valence-electron chi connectivity index (χ3n) is 4.76. The summed E-state index contributed by atoms with van der Waals surface area (Å²) in [5, 5.41) is 12.4. The topological polar surface area (TPSA) is 96.1 Å². The van der Waals surface area contributed by atoms with Crippen molar-refractivity contribution in [3.63, 3.8) is 0 Å². The Labute approximate surface area is 129 Å².